The second-order valence-corrected chi connectivity index (χ2v) is 5.43. The number of hydrogen-bond donors (Lipinski definition) is 1. The summed E-state index contributed by atoms with van der Waals surface area (Å²) in [6.45, 7) is 2.28. The van der Waals surface area contributed by atoms with Gasteiger partial charge in [-0.3, -0.25) is 4.79 Å². The van der Waals surface area contributed by atoms with Crippen LogP contribution in [0.15, 0.2) is 24.3 Å². The van der Waals surface area contributed by atoms with Crippen molar-refractivity contribution in [2.24, 2.45) is 5.92 Å². The number of hydrogen-bond acceptors (Lipinski definition) is 2. The Kier molecular flexibility index (Phi) is 4.56. The summed E-state index contributed by atoms with van der Waals surface area (Å²) in [5, 5.41) is 2.83. The van der Waals surface area contributed by atoms with Gasteiger partial charge in [-0.2, -0.15) is 13.2 Å². The molecule has 6 heteroatoms. The van der Waals surface area contributed by atoms with E-state index in [0.717, 1.165) is 17.7 Å². The van der Waals surface area contributed by atoms with Gasteiger partial charge < -0.3 is 10.1 Å². The number of methoxy groups -OCH3 is 1. The van der Waals surface area contributed by atoms with Crippen molar-refractivity contribution >= 4 is 5.91 Å². The van der Waals surface area contributed by atoms with Crippen LogP contribution in [0.3, 0.4) is 0 Å². The van der Waals surface area contributed by atoms with Crippen LogP contribution in [0, 0.1) is 5.92 Å². The molecule has 1 aliphatic rings. The summed E-state index contributed by atoms with van der Waals surface area (Å²) in [5.74, 6) is -0.201. The minimum Gasteiger partial charge on any atom is -0.383 e. The lowest BCUT2D eigenvalue weighted by Crippen LogP contribution is -2.36. The summed E-state index contributed by atoms with van der Waals surface area (Å²) in [6, 6.07) is 4.97. The van der Waals surface area contributed by atoms with Crippen molar-refractivity contribution in [1.82, 2.24) is 5.32 Å². The molecule has 116 valence electrons. The van der Waals surface area contributed by atoms with Gasteiger partial charge in [-0.1, -0.05) is 12.1 Å². The summed E-state index contributed by atoms with van der Waals surface area (Å²) in [7, 11) is 1.56. The lowest BCUT2D eigenvalue weighted by atomic mass is 10.1. The zero-order valence-corrected chi connectivity index (χ0v) is 11.9. The Morgan fingerprint density at radius 1 is 1.38 bits per heavy atom. The molecule has 1 aromatic carbocycles. The lowest BCUT2D eigenvalue weighted by Gasteiger charge is -2.12. The molecule has 1 aromatic rings. The molecule has 3 unspecified atom stereocenters. The maximum Gasteiger partial charge on any atom is 0.416 e. The molecular weight excluding hydrogens is 283 g/mol. The molecule has 0 heterocycles. The Hall–Kier alpha value is -1.56. The van der Waals surface area contributed by atoms with E-state index in [4.69, 9.17) is 4.74 Å². The van der Waals surface area contributed by atoms with Crippen LogP contribution in [0.2, 0.25) is 0 Å². The number of amides is 1. The highest BCUT2D eigenvalue weighted by atomic mass is 19.4. The third-order valence-corrected chi connectivity index (χ3v) is 3.60. The van der Waals surface area contributed by atoms with Crippen LogP contribution in [0.4, 0.5) is 13.2 Å². The fraction of sp³-hybridized carbons (Fsp3) is 0.533. The number of nitrogens with one attached hydrogen (secondary N) is 1. The molecule has 1 fully saturated rings. The fourth-order valence-electron chi connectivity index (χ4n) is 2.41. The van der Waals surface area contributed by atoms with Crippen molar-refractivity contribution < 1.29 is 22.7 Å². The second-order valence-electron chi connectivity index (χ2n) is 5.43. The highest BCUT2D eigenvalue weighted by molar-refractivity contribution is 5.83. The maximum atomic E-state index is 12.5. The minimum absolute atomic E-state index is 0.0158. The molecule has 21 heavy (non-hydrogen) atoms. The van der Waals surface area contributed by atoms with E-state index in [-0.39, 0.29) is 23.8 Å². The number of alkyl halides is 3. The van der Waals surface area contributed by atoms with Crippen LogP contribution in [-0.4, -0.2) is 25.7 Å². The molecule has 3 nitrogen and oxygen atoms in total. The minimum atomic E-state index is -4.32. The van der Waals surface area contributed by atoms with Crippen LogP contribution < -0.4 is 5.32 Å². The van der Waals surface area contributed by atoms with Crippen LogP contribution >= 0.6 is 0 Å². The lowest BCUT2D eigenvalue weighted by molar-refractivity contribution is -0.137. The van der Waals surface area contributed by atoms with Gasteiger partial charge in [0, 0.05) is 19.1 Å². The molecule has 0 aliphatic heterocycles. The van der Waals surface area contributed by atoms with E-state index in [0.29, 0.717) is 13.0 Å². The van der Waals surface area contributed by atoms with E-state index in [1.807, 2.05) is 6.92 Å². The zero-order chi connectivity index (χ0) is 15.6. The SMILES string of the molecule is COCC(C)NC(=O)C1CC1c1ccc(C(F)(F)F)cc1. The number of ether oxygens (including phenoxy) is 1. The summed E-state index contributed by atoms with van der Waals surface area (Å²) in [5.41, 5.74) is 0.115. The average Bonchev–Trinajstić information content (AvgIpc) is 3.18. The first-order valence-corrected chi connectivity index (χ1v) is 6.79. The molecular formula is C15H18F3NO2. The normalized spacial score (nSPS) is 22.7. The molecule has 0 radical (unpaired) electrons. The van der Waals surface area contributed by atoms with Gasteiger partial charge in [0.2, 0.25) is 5.91 Å². The highest BCUT2D eigenvalue weighted by Gasteiger charge is 2.44. The van der Waals surface area contributed by atoms with E-state index >= 15 is 0 Å². The van der Waals surface area contributed by atoms with Crippen LogP contribution in [0.25, 0.3) is 0 Å². The quantitative estimate of drug-likeness (QED) is 0.908. The Labute approximate surface area is 121 Å². The number of benzene rings is 1. The van der Waals surface area contributed by atoms with Gasteiger partial charge >= 0.3 is 6.18 Å². The van der Waals surface area contributed by atoms with E-state index in [1.165, 1.54) is 12.1 Å². The molecule has 1 amide bonds. The number of rotatable bonds is 5. The molecule has 1 saturated carbocycles. The molecule has 3 atom stereocenters. The van der Waals surface area contributed by atoms with Gasteiger partial charge in [-0.05, 0) is 37.0 Å². The van der Waals surface area contributed by atoms with Crippen LogP contribution in [-0.2, 0) is 15.7 Å². The predicted molar refractivity (Wildman–Crippen MR) is 71.8 cm³/mol. The van der Waals surface area contributed by atoms with Gasteiger partial charge in [0.15, 0.2) is 0 Å². The summed E-state index contributed by atoms with van der Waals surface area (Å²) in [6.07, 6.45) is -3.65. The van der Waals surface area contributed by atoms with Gasteiger partial charge in [0.05, 0.1) is 12.2 Å². The monoisotopic (exact) mass is 301 g/mol. The summed E-state index contributed by atoms with van der Waals surface area (Å²) < 4.78 is 42.4. The second kappa shape index (κ2) is 6.05. The van der Waals surface area contributed by atoms with Crippen molar-refractivity contribution in [2.75, 3.05) is 13.7 Å². The molecule has 1 aliphatic carbocycles. The molecule has 0 bridgehead atoms. The topological polar surface area (TPSA) is 38.3 Å². The third kappa shape index (κ3) is 3.97. The van der Waals surface area contributed by atoms with Crippen LogP contribution in [0.1, 0.15) is 30.4 Å². The van der Waals surface area contributed by atoms with Crippen molar-refractivity contribution in [3.8, 4) is 0 Å². The maximum absolute atomic E-state index is 12.5. The van der Waals surface area contributed by atoms with E-state index in [9.17, 15) is 18.0 Å². The Bertz CT molecular complexity index is 499. The van der Waals surface area contributed by atoms with Crippen molar-refractivity contribution in [2.45, 2.75) is 31.5 Å². The average molecular weight is 301 g/mol. The van der Waals surface area contributed by atoms with Crippen molar-refractivity contribution in [3.63, 3.8) is 0 Å². The van der Waals surface area contributed by atoms with E-state index in [2.05, 4.69) is 5.32 Å². The first kappa shape index (κ1) is 15.8. The molecule has 0 spiro atoms. The summed E-state index contributed by atoms with van der Waals surface area (Å²) in [4.78, 5) is 12.0. The van der Waals surface area contributed by atoms with E-state index < -0.39 is 11.7 Å². The van der Waals surface area contributed by atoms with Gasteiger partial charge in [-0.15, -0.1) is 0 Å². The number of carbonyl (C=O) groups is 1. The smallest absolute Gasteiger partial charge is 0.383 e. The predicted octanol–water partition coefficient (Wildman–Crippen LogP) is 2.96. The fourth-order valence-corrected chi connectivity index (χ4v) is 2.41. The molecule has 2 rings (SSSR count). The molecule has 0 aromatic heterocycles. The van der Waals surface area contributed by atoms with Gasteiger partial charge in [-0.25, -0.2) is 0 Å². The first-order valence-electron chi connectivity index (χ1n) is 6.79. The highest BCUT2D eigenvalue weighted by Crippen LogP contribution is 2.48. The van der Waals surface area contributed by atoms with Gasteiger partial charge in [0.25, 0.3) is 0 Å². The molecule has 1 N–H and O–H groups in total. The Morgan fingerprint density at radius 3 is 2.52 bits per heavy atom. The standard InChI is InChI=1S/C15H18F3NO2/c1-9(8-21-2)19-14(20)13-7-12(13)10-3-5-11(6-4-10)15(16,17)18/h3-6,9,12-13H,7-8H2,1-2H3,(H,19,20). The van der Waals surface area contributed by atoms with Crippen molar-refractivity contribution in [3.05, 3.63) is 35.4 Å². The van der Waals surface area contributed by atoms with Crippen LogP contribution in [0.5, 0.6) is 0 Å². The largest absolute Gasteiger partial charge is 0.416 e. The first-order chi connectivity index (χ1) is 9.82. The number of halogens is 3. The molecule has 0 saturated heterocycles. The van der Waals surface area contributed by atoms with E-state index in [1.54, 1.807) is 7.11 Å². The van der Waals surface area contributed by atoms with Crippen molar-refractivity contribution in [1.29, 1.82) is 0 Å². The van der Waals surface area contributed by atoms with Gasteiger partial charge in [0.1, 0.15) is 0 Å². The zero-order valence-electron chi connectivity index (χ0n) is 11.9. The summed E-state index contributed by atoms with van der Waals surface area (Å²) >= 11 is 0. The third-order valence-electron chi connectivity index (χ3n) is 3.60. The Morgan fingerprint density at radius 2 is 2.00 bits per heavy atom. The number of carbonyl (C=O) groups excluding carboxylic acids is 1. The Balaban J connectivity index is 1.92.